The first-order valence-corrected chi connectivity index (χ1v) is 10.2. The molecule has 1 atom stereocenters. The monoisotopic (exact) mass is 457 g/mol. The molecule has 4 rings (SSSR count). The Bertz CT molecular complexity index is 1080. The summed E-state index contributed by atoms with van der Waals surface area (Å²) < 4.78 is 20.4. The number of ether oxygens (including phenoxy) is 1. The Hall–Kier alpha value is -2.67. The maximum Gasteiger partial charge on any atom is 0.277 e. The van der Waals surface area contributed by atoms with Crippen LogP contribution in [0, 0.1) is 11.7 Å². The average molecular weight is 458 g/mol. The van der Waals surface area contributed by atoms with Gasteiger partial charge in [0, 0.05) is 21.8 Å². The summed E-state index contributed by atoms with van der Waals surface area (Å²) in [5, 5.41) is 7.35. The predicted molar refractivity (Wildman–Crippen MR) is 113 cm³/mol. The van der Waals surface area contributed by atoms with Crippen molar-refractivity contribution in [3.63, 3.8) is 0 Å². The molecule has 2 aromatic carbocycles. The van der Waals surface area contributed by atoms with E-state index >= 15 is 0 Å². The predicted octanol–water partition coefficient (Wildman–Crippen LogP) is 5.27. The molecule has 0 saturated heterocycles. The highest BCUT2D eigenvalue weighted by atomic mass is 79.9. The van der Waals surface area contributed by atoms with Crippen molar-refractivity contribution in [2.75, 3.05) is 12.0 Å². The minimum absolute atomic E-state index is 0.138. The fourth-order valence-electron chi connectivity index (χ4n) is 3.82. The van der Waals surface area contributed by atoms with Gasteiger partial charge in [0.1, 0.15) is 5.69 Å². The minimum Gasteiger partial charge on any atom is -0.494 e. The van der Waals surface area contributed by atoms with E-state index in [-0.39, 0.29) is 11.7 Å². The van der Waals surface area contributed by atoms with Gasteiger partial charge in [-0.25, -0.2) is 4.39 Å². The van der Waals surface area contributed by atoms with Crippen molar-refractivity contribution in [2.45, 2.75) is 26.3 Å². The third-order valence-corrected chi connectivity index (χ3v) is 5.78. The largest absolute Gasteiger partial charge is 0.494 e. The van der Waals surface area contributed by atoms with E-state index in [1.165, 1.54) is 19.2 Å². The quantitative estimate of drug-likeness (QED) is 0.567. The molecule has 2 heterocycles. The normalized spacial score (nSPS) is 15.9. The number of carbonyl (C=O) groups excluding carboxylic acids is 1. The Morgan fingerprint density at radius 3 is 2.69 bits per heavy atom. The third kappa shape index (κ3) is 3.33. The summed E-state index contributed by atoms with van der Waals surface area (Å²) in [6, 6.07) is 11.9. The van der Waals surface area contributed by atoms with Gasteiger partial charge in [0.05, 0.1) is 18.8 Å². The van der Waals surface area contributed by atoms with Gasteiger partial charge in [-0.15, -0.1) is 0 Å². The van der Waals surface area contributed by atoms with E-state index in [4.69, 9.17) is 4.74 Å². The van der Waals surface area contributed by atoms with Crippen LogP contribution in [0.15, 0.2) is 46.9 Å². The van der Waals surface area contributed by atoms with Gasteiger partial charge >= 0.3 is 0 Å². The van der Waals surface area contributed by atoms with Crippen molar-refractivity contribution >= 4 is 27.5 Å². The van der Waals surface area contributed by atoms with E-state index < -0.39 is 11.9 Å². The zero-order valence-electron chi connectivity index (χ0n) is 16.4. The summed E-state index contributed by atoms with van der Waals surface area (Å²) in [7, 11) is 1.41. The Morgan fingerprint density at radius 1 is 1.28 bits per heavy atom. The number of hydrogen-bond acceptors (Lipinski definition) is 3. The molecule has 150 valence electrons. The molecule has 1 N–H and O–H groups in total. The molecule has 1 aromatic heterocycles. The van der Waals surface area contributed by atoms with Crippen LogP contribution in [0.2, 0.25) is 0 Å². The summed E-state index contributed by atoms with van der Waals surface area (Å²) >= 11 is 3.62. The fraction of sp³-hybridized carbons (Fsp3) is 0.273. The Kier molecular flexibility index (Phi) is 5.17. The van der Waals surface area contributed by atoms with Crippen LogP contribution < -0.4 is 9.64 Å². The van der Waals surface area contributed by atoms with E-state index in [9.17, 15) is 9.18 Å². The number of methoxy groups -OCH3 is 1. The molecule has 0 aliphatic carbocycles. The number of rotatable bonds is 5. The number of H-pyrrole nitrogens is 1. The number of anilines is 1. The number of halogens is 2. The summed E-state index contributed by atoms with van der Waals surface area (Å²) in [5.41, 5.74) is 3.56. The first-order valence-electron chi connectivity index (χ1n) is 9.41. The van der Waals surface area contributed by atoms with Crippen molar-refractivity contribution in [3.8, 4) is 5.75 Å². The molecule has 0 saturated carbocycles. The van der Waals surface area contributed by atoms with Gasteiger partial charge < -0.3 is 4.74 Å². The van der Waals surface area contributed by atoms with Crippen LogP contribution in [0.3, 0.4) is 0 Å². The minimum atomic E-state index is -0.514. The smallest absolute Gasteiger partial charge is 0.277 e. The number of aromatic nitrogens is 2. The van der Waals surface area contributed by atoms with E-state index in [1.807, 2.05) is 24.3 Å². The summed E-state index contributed by atoms with van der Waals surface area (Å²) in [6.45, 7) is 4.23. The van der Waals surface area contributed by atoms with Crippen LogP contribution in [-0.2, 0) is 6.42 Å². The molecule has 0 fully saturated rings. The summed E-state index contributed by atoms with van der Waals surface area (Å²) in [5.74, 6) is -0.226. The maximum absolute atomic E-state index is 14.5. The number of hydrogen-bond donors (Lipinski definition) is 1. The fourth-order valence-corrected chi connectivity index (χ4v) is 4.32. The second-order valence-electron chi connectivity index (χ2n) is 7.48. The topological polar surface area (TPSA) is 58.2 Å². The zero-order valence-corrected chi connectivity index (χ0v) is 18.0. The standard InChI is InChI=1S/C22H21BrFN3O2/c1-12(2)10-17-19-20(26-25-17)22(28)27(13-8-9-18(29-3)16(24)11-13)21(19)14-6-4-5-7-15(14)23/h4-9,11-12,21H,10H2,1-3H3,(H,25,26). The first-order chi connectivity index (χ1) is 13.9. The zero-order chi connectivity index (χ0) is 20.7. The molecule has 1 aliphatic heterocycles. The SMILES string of the molecule is COc1ccc(N2C(=O)c3[nH]nc(CC(C)C)c3C2c2ccccc2Br)cc1F. The van der Waals surface area contributed by atoms with E-state index in [1.54, 1.807) is 11.0 Å². The molecule has 1 aliphatic rings. The van der Waals surface area contributed by atoms with Crippen molar-refractivity contribution < 1.29 is 13.9 Å². The van der Waals surface area contributed by atoms with Gasteiger partial charge in [-0.1, -0.05) is 48.0 Å². The third-order valence-electron chi connectivity index (χ3n) is 5.06. The van der Waals surface area contributed by atoms with Gasteiger partial charge in [-0.05, 0) is 36.1 Å². The summed E-state index contributed by atoms with van der Waals surface area (Å²) in [6.07, 6.45) is 0.741. The molecule has 0 radical (unpaired) electrons. The lowest BCUT2D eigenvalue weighted by Gasteiger charge is -2.27. The molecular weight excluding hydrogens is 437 g/mol. The lowest BCUT2D eigenvalue weighted by atomic mass is 9.95. The second kappa shape index (κ2) is 7.63. The Balaban J connectivity index is 1.91. The second-order valence-corrected chi connectivity index (χ2v) is 8.33. The molecule has 1 unspecified atom stereocenters. The lowest BCUT2D eigenvalue weighted by molar-refractivity contribution is 0.0988. The number of nitrogens with one attached hydrogen (secondary N) is 1. The highest BCUT2D eigenvalue weighted by Crippen LogP contribution is 2.45. The van der Waals surface area contributed by atoms with Crippen molar-refractivity contribution in [1.29, 1.82) is 0 Å². The number of amides is 1. The first kappa shape index (κ1) is 19.6. The molecule has 0 bridgehead atoms. The molecule has 3 aromatic rings. The van der Waals surface area contributed by atoms with E-state index in [0.29, 0.717) is 17.3 Å². The van der Waals surface area contributed by atoms with Crippen LogP contribution >= 0.6 is 15.9 Å². The average Bonchev–Trinajstić information content (AvgIpc) is 3.21. The van der Waals surface area contributed by atoms with Gasteiger partial charge in [-0.2, -0.15) is 5.10 Å². The van der Waals surface area contributed by atoms with Gasteiger partial charge in [-0.3, -0.25) is 14.8 Å². The van der Waals surface area contributed by atoms with Crippen molar-refractivity contribution in [2.24, 2.45) is 5.92 Å². The number of fused-ring (bicyclic) bond motifs is 1. The van der Waals surface area contributed by atoms with Crippen LogP contribution in [0.1, 0.15) is 47.2 Å². The maximum atomic E-state index is 14.5. The van der Waals surface area contributed by atoms with Crippen LogP contribution in [0.5, 0.6) is 5.75 Å². The molecule has 5 nitrogen and oxygen atoms in total. The molecule has 29 heavy (non-hydrogen) atoms. The van der Waals surface area contributed by atoms with Crippen LogP contribution in [-0.4, -0.2) is 23.2 Å². The number of carbonyl (C=O) groups is 1. The molecule has 7 heteroatoms. The van der Waals surface area contributed by atoms with Crippen LogP contribution in [0.4, 0.5) is 10.1 Å². The number of benzene rings is 2. The molecule has 0 spiro atoms. The van der Waals surface area contributed by atoms with E-state index in [2.05, 4.69) is 40.0 Å². The van der Waals surface area contributed by atoms with Gasteiger partial charge in [0.15, 0.2) is 11.6 Å². The van der Waals surface area contributed by atoms with Gasteiger partial charge in [0.25, 0.3) is 5.91 Å². The highest BCUT2D eigenvalue weighted by molar-refractivity contribution is 9.10. The highest BCUT2D eigenvalue weighted by Gasteiger charge is 2.43. The van der Waals surface area contributed by atoms with Crippen molar-refractivity contribution in [3.05, 3.63) is 75.3 Å². The molecular formula is C22H21BrFN3O2. The van der Waals surface area contributed by atoms with Crippen molar-refractivity contribution in [1.82, 2.24) is 10.2 Å². The number of aromatic amines is 1. The number of nitrogens with zero attached hydrogens (tertiary/aromatic N) is 2. The molecule has 1 amide bonds. The summed E-state index contributed by atoms with van der Waals surface area (Å²) in [4.78, 5) is 15.0. The Labute approximate surface area is 177 Å². The lowest BCUT2D eigenvalue weighted by Crippen LogP contribution is -2.29. The Morgan fingerprint density at radius 2 is 2.03 bits per heavy atom. The van der Waals surface area contributed by atoms with E-state index in [0.717, 1.165) is 27.7 Å². The van der Waals surface area contributed by atoms with Crippen LogP contribution in [0.25, 0.3) is 0 Å². The van der Waals surface area contributed by atoms with Gasteiger partial charge in [0.2, 0.25) is 0 Å².